The molecule has 0 atom stereocenters. The standard InChI is InChI=1S/C27H37ClN6O3/c1-37-24-8-7-21(28)17-23(24)32-11-9-31(10-12-32)19-22-18-25(35)30-27(29-22)34-15-13-33(14-16-34)26(36)20-5-3-2-4-6-20/h7-8,17-18,20H,2-6,9-16,19H2,1H3,(H,29,30,35). The number of nitrogens with zero attached hydrogens (tertiary/aromatic N) is 5. The number of nitrogens with one attached hydrogen (secondary N) is 1. The normalized spacial score (nSPS) is 19.8. The lowest BCUT2D eigenvalue weighted by molar-refractivity contribution is -0.136. The highest BCUT2D eigenvalue weighted by Gasteiger charge is 2.29. The van der Waals surface area contributed by atoms with Gasteiger partial charge in [-0.3, -0.25) is 19.5 Å². The Morgan fingerprint density at radius 1 is 1.00 bits per heavy atom. The number of benzene rings is 1. The first kappa shape index (κ1) is 25.9. The molecule has 1 aliphatic carbocycles. The average molecular weight is 529 g/mol. The fourth-order valence-corrected chi connectivity index (χ4v) is 5.92. The Labute approximate surface area is 223 Å². The molecule has 1 aromatic carbocycles. The molecule has 0 unspecified atom stereocenters. The third kappa shape index (κ3) is 6.21. The van der Waals surface area contributed by atoms with Crippen LogP contribution in [0.2, 0.25) is 5.02 Å². The third-order valence-corrected chi connectivity index (χ3v) is 8.10. The van der Waals surface area contributed by atoms with Gasteiger partial charge in [-0.05, 0) is 31.0 Å². The molecular weight excluding hydrogens is 492 g/mol. The molecule has 2 aromatic rings. The number of aromatic nitrogens is 2. The molecule has 0 bridgehead atoms. The molecule has 0 radical (unpaired) electrons. The maximum Gasteiger partial charge on any atom is 0.252 e. The molecule has 5 rings (SSSR count). The van der Waals surface area contributed by atoms with Gasteiger partial charge in [0.15, 0.2) is 0 Å². The second-order valence-electron chi connectivity index (χ2n) is 10.3. The van der Waals surface area contributed by atoms with E-state index in [0.29, 0.717) is 49.6 Å². The lowest BCUT2D eigenvalue weighted by Gasteiger charge is -2.38. The van der Waals surface area contributed by atoms with E-state index in [9.17, 15) is 9.59 Å². The van der Waals surface area contributed by atoms with E-state index < -0.39 is 0 Å². The lowest BCUT2D eigenvalue weighted by atomic mass is 9.88. The van der Waals surface area contributed by atoms with Gasteiger partial charge in [0.1, 0.15) is 5.75 Å². The molecule has 3 heterocycles. The third-order valence-electron chi connectivity index (χ3n) is 7.87. The first-order valence-corrected chi connectivity index (χ1v) is 13.8. The van der Waals surface area contributed by atoms with Gasteiger partial charge in [0.2, 0.25) is 11.9 Å². The number of halogens is 1. The summed E-state index contributed by atoms with van der Waals surface area (Å²) in [6.45, 7) is 6.72. The predicted molar refractivity (Wildman–Crippen MR) is 146 cm³/mol. The Kier molecular flexibility index (Phi) is 8.20. The van der Waals surface area contributed by atoms with E-state index in [1.165, 1.54) is 6.42 Å². The summed E-state index contributed by atoms with van der Waals surface area (Å²) in [6, 6.07) is 7.28. The molecule has 9 nitrogen and oxygen atoms in total. The smallest absolute Gasteiger partial charge is 0.252 e. The molecule has 10 heteroatoms. The highest BCUT2D eigenvalue weighted by atomic mass is 35.5. The van der Waals surface area contributed by atoms with E-state index in [1.54, 1.807) is 13.2 Å². The van der Waals surface area contributed by atoms with Crippen molar-refractivity contribution in [1.82, 2.24) is 19.8 Å². The summed E-state index contributed by atoms with van der Waals surface area (Å²) in [5.41, 5.74) is 1.64. The number of amides is 1. The van der Waals surface area contributed by atoms with E-state index in [4.69, 9.17) is 21.3 Å². The van der Waals surface area contributed by atoms with Gasteiger partial charge in [0.05, 0.1) is 18.5 Å². The van der Waals surface area contributed by atoms with Crippen molar-refractivity contribution in [3.8, 4) is 5.75 Å². The van der Waals surface area contributed by atoms with Gasteiger partial charge in [-0.2, -0.15) is 0 Å². The zero-order chi connectivity index (χ0) is 25.8. The van der Waals surface area contributed by atoms with Crippen molar-refractivity contribution in [2.24, 2.45) is 5.92 Å². The second kappa shape index (κ2) is 11.7. The molecule has 200 valence electrons. The van der Waals surface area contributed by atoms with Crippen LogP contribution in [0.3, 0.4) is 0 Å². The Balaban J connectivity index is 1.16. The number of aromatic amines is 1. The average Bonchev–Trinajstić information content (AvgIpc) is 2.93. The molecule has 1 N–H and O–H groups in total. The van der Waals surface area contributed by atoms with Crippen LogP contribution in [0.1, 0.15) is 37.8 Å². The maximum atomic E-state index is 12.9. The number of carbonyl (C=O) groups is 1. The molecule has 0 spiro atoms. The van der Waals surface area contributed by atoms with Crippen molar-refractivity contribution >= 4 is 29.1 Å². The highest BCUT2D eigenvalue weighted by molar-refractivity contribution is 6.30. The Hall–Kier alpha value is -2.78. The summed E-state index contributed by atoms with van der Waals surface area (Å²) in [4.78, 5) is 41.8. The minimum Gasteiger partial charge on any atom is -0.495 e. The van der Waals surface area contributed by atoms with Gasteiger partial charge in [-0.25, -0.2) is 4.98 Å². The Morgan fingerprint density at radius 2 is 1.70 bits per heavy atom. The van der Waals surface area contributed by atoms with Crippen LogP contribution in [0.4, 0.5) is 11.6 Å². The first-order chi connectivity index (χ1) is 18.0. The monoisotopic (exact) mass is 528 g/mol. The number of hydrogen-bond donors (Lipinski definition) is 1. The summed E-state index contributed by atoms with van der Waals surface area (Å²) in [5, 5.41) is 0.692. The van der Waals surface area contributed by atoms with Gasteiger partial charge >= 0.3 is 0 Å². The zero-order valence-electron chi connectivity index (χ0n) is 21.6. The second-order valence-corrected chi connectivity index (χ2v) is 10.7. The summed E-state index contributed by atoms with van der Waals surface area (Å²) < 4.78 is 5.52. The lowest BCUT2D eigenvalue weighted by Crippen LogP contribution is -2.51. The van der Waals surface area contributed by atoms with Crippen LogP contribution in [0, 0.1) is 5.92 Å². The fraction of sp³-hybridized carbons (Fsp3) is 0.593. The zero-order valence-corrected chi connectivity index (χ0v) is 22.4. The number of hydrogen-bond acceptors (Lipinski definition) is 7. The van der Waals surface area contributed by atoms with Crippen molar-refractivity contribution in [2.75, 3.05) is 69.3 Å². The molecule has 1 aromatic heterocycles. The molecule has 2 saturated heterocycles. The maximum absolute atomic E-state index is 12.9. The van der Waals surface area contributed by atoms with Gasteiger partial charge in [0.25, 0.3) is 5.56 Å². The summed E-state index contributed by atoms with van der Waals surface area (Å²) >= 11 is 6.22. The van der Waals surface area contributed by atoms with Crippen molar-refractivity contribution in [1.29, 1.82) is 0 Å². The van der Waals surface area contributed by atoms with Gasteiger partial charge < -0.3 is 19.4 Å². The number of carbonyl (C=O) groups excluding carboxylic acids is 1. The summed E-state index contributed by atoms with van der Waals surface area (Å²) in [6.07, 6.45) is 5.63. The summed E-state index contributed by atoms with van der Waals surface area (Å²) in [7, 11) is 1.67. The van der Waals surface area contributed by atoms with E-state index in [0.717, 1.165) is 69.0 Å². The molecule has 37 heavy (non-hydrogen) atoms. The molecule has 1 saturated carbocycles. The predicted octanol–water partition coefficient (Wildman–Crippen LogP) is 2.98. The number of ether oxygens (including phenoxy) is 1. The molecule has 3 aliphatic rings. The largest absolute Gasteiger partial charge is 0.495 e. The molecular formula is C27H37ClN6O3. The SMILES string of the molecule is COc1ccc(Cl)cc1N1CCN(Cc2cc(=O)[nH]c(N3CCN(C(=O)C4CCCCC4)CC3)n2)CC1. The van der Waals surface area contributed by atoms with Crippen LogP contribution in [0.5, 0.6) is 5.75 Å². The summed E-state index contributed by atoms with van der Waals surface area (Å²) in [5.74, 6) is 1.93. The molecule has 2 aliphatic heterocycles. The van der Waals surface area contributed by atoms with Gasteiger partial charge in [0, 0.05) is 75.9 Å². The first-order valence-electron chi connectivity index (χ1n) is 13.4. The van der Waals surface area contributed by atoms with E-state index in [-0.39, 0.29) is 11.5 Å². The number of rotatable bonds is 6. The Bertz CT molecular complexity index is 1140. The van der Waals surface area contributed by atoms with Crippen molar-refractivity contribution in [2.45, 2.75) is 38.6 Å². The van der Waals surface area contributed by atoms with E-state index in [1.807, 2.05) is 23.1 Å². The topological polar surface area (TPSA) is 85.0 Å². The van der Waals surface area contributed by atoms with E-state index >= 15 is 0 Å². The van der Waals surface area contributed by atoms with Crippen LogP contribution in [-0.2, 0) is 11.3 Å². The van der Waals surface area contributed by atoms with Crippen LogP contribution in [0.25, 0.3) is 0 Å². The van der Waals surface area contributed by atoms with Crippen molar-refractivity contribution in [3.63, 3.8) is 0 Å². The molecule has 3 fully saturated rings. The Morgan fingerprint density at radius 3 is 2.41 bits per heavy atom. The number of methoxy groups -OCH3 is 1. The van der Waals surface area contributed by atoms with Crippen LogP contribution >= 0.6 is 11.6 Å². The van der Waals surface area contributed by atoms with Crippen LogP contribution in [-0.4, -0.2) is 85.1 Å². The van der Waals surface area contributed by atoms with Crippen LogP contribution in [0.15, 0.2) is 29.1 Å². The van der Waals surface area contributed by atoms with E-state index in [2.05, 4.69) is 19.7 Å². The molecule has 1 amide bonds. The number of anilines is 2. The fourth-order valence-electron chi connectivity index (χ4n) is 5.76. The van der Waals surface area contributed by atoms with Crippen molar-refractivity contribution < 1.29 is 9.53 Å². The number of H-pyrrole nitrogens is 1. The van der Waals surface area contributed by atoms with Gasteiger partial charge in [-0.1, -0.05) is 30.9 Å². The quantitative estimate of drug-likeness (QED) is 0.617. The number of piperazine rings is 2. The van der Waals surface area contributed by atoms with Crippen LogP contribution < -0.4 is 20.1 Å². The van der Waals surface area contributed by atoms with Gasteiger partial charge in [-0.15, -0.1) is 0 Å². The van der Waals surface area contributed by atoms with Crippen molar-refractivity contribution in [3.05, 3.63) is 45.3 Å². The highest BCUT2D eigenvalue weighted by Crippen LogP contribution is 2.32. The minimum absolute atomic E-state index is 0.136. The minimum atomic E-state index is -0.136.